The standard InChI is InChI=1S/C10H14O/c1-2-8-3-7-4-9(6-11)10(8)5-7/h2,6-7,9-10H,3-5H2,1H3/b8-2+/t7-,9?,10+/m0/s1. The molecule has 11 heavy (non-hydrogen) atoms. The van der Waals surface area contributed by atoms with E-state index in [9.17, 15) is 4.79 Å². The zero-order chi connectivity index (χ0) is 7.84. The molecular weight excluding hydrogens is 136 g/mol. The summed E-state index contributed by atoms with van der Waals surface area (Å²) in [7, 11) is 0. The lowest BCUT2D eigenvalue weighted by Gasteiger charge is -2.18. The topological polar surface area (TPSA) is 17.1 Å². The summed E-state index contributed by atoms with van der Waals surface area (Å²) in [5, 5.41) is 0. The van der Waals surface area contributed by atoms with Crippen LogP contribution in [-0.2, 0) is 4.79 Å². The molecule has 0 heterocycles. The monoisotopic (exact) mass is 150 g/mol. The van der Waals surface area contributed by atoms with E-state index in [-0.39, 0.29) is 0 Å². The van der Waals surface area contributed by atoms with Gasteiger partial charge in [0.15, 0.2) is 0 Å². The van der Waals surface area contributed by atoms with Gasteiger partial charge < -0.3 is 4.79 Å². The summed E-state index contributed by atoms with van der Waals surface area (Å²) in [6, 6.07) is 0. The van der Waals surface area contributed by atoms with E-state index in [0.29, 0.717) is 11.8 Å². The Morgan fingerprint density at radius 3 is 2.82 bits per heavy atom. The molecule has 2 rings (SSSR count). The van der Waals surface area contributed by atoms with Crippen LogP contribution in [0.4, 0.5) is 0 Å². The molecule has 0 aromatic carbocycles. The molecule has 3 atom stereocenters. The van der Waals surface area contributed by atoms with E-state index >= 15 is 0 Å². The Balaban J connectivity index is 2.20. The number of allylic oxidation sites excluding steroid dienone is 2. The van der Waals surface area contributed by atoms with Crippen LogP contribution >= 0.6 is 0 Å². The van der Waals surface area contributed by atoms with Crippen LogP contribution in [0.5, 0.6) is 0 Å². The zero-order valence-electron chi connectivity index (χ0n) is 6.92. The van der Waals surface area contributed by atoms with E-state index in [1.807, 2.05) is 0 Å². The molecule has 2 saturated carbocycles. The van der Waals surface area contributed by atoms with Crippen LogP contribution < -0.4 is 0 Å². The fourth-order valence-corrected chi connectivity index (χ4v) is 2.74. The van der Waals surface area contributed by atoms with E-state index < -0.39 is 0 Å². The number of hydrogen-bond acceptors (Lipinski definition) is 1. The number of carbonyl (C=O) groups excluding carboxylic acids is 1. The summed E-state index contributed by atoms with van der Waals surface area (Å²) in [5.41, 5.74) is 1.54. The minimum atomic E-state index is 0.361. The van der Waals surface area contributed by atoms with E-state index in [1.54, 1.807) is 5.57 Å². The lowest BCUT2D eigenvalue weighted by atomic mass is 9.86. The molecule has 0 radical (unpaired) electrons. The summed E-state index contributed by atoms with van der Waals surface area (Å²) in [6.45, 7) is 2.10. The van der Waals surface area contributed by atoms with Crippen molar-refractivity contribution < 1.29 is 4.79 Å². The largest absolute Gasteiger partial charge is 0.303 e. The van der Waals surface area contributed by atoms with E-state index in [4.69, 9.17) is 0 Å². The highest BCUT2D eigenvalue weighted by Crippen LogP contribution is 2.50. The fourth-order valence-electron chi connectivity index (χ4n) is 2.74. The van der Waals surface area contributed by atoms with Gasteiger partial charge >= 0.3 is 0 Å². The smallest absolute Gasteiger partial charge is 0.123 e. The summed E-state index contributed by atoms with van der Waals surface area (Å²) in [6.07, 6.45) is 7.08. The van der Waals surface area contributed by atoms with E-state index in [0.717, 1.165) is 18.6 Å². The van der Waals surface area contributed by atoms with Crippen molar-refractivity contribution in [3.8, 4) is 0 Å². The molecule has 0 N–H and O–H groups in total. The third-order valence-corrected chi connectivity index (χ3v) is 3.26. The first kappa shape index (κ1) is 7.08. The third-order valence-electron chi connectivity index (χ3n) is 3.26. The molecule has 0 aliphatic heterocycles. The average molecular weight is 150 g/mol. The zero-order valence-corrected chi connectivity index (χ0v) is 6.92. The van der Waals surface area contributed by atoms with Crippen molar-refractivity contribution in [3.05, 3.63) is 11.6 Å². The number of aldehydes is 1. The summed E-state index contributed by atoms with van der Waals surface area (Å²) in [4.78, 5) is 10.6. The van der Waals surface area contributed by atoms with Gasteiger partial charge in [0.1, 0.15) is 6.29 Å². The first-order chi connectivity index (χ1) is 5.35. The number of carbonyl (C=O) groups is 1. The molecular formula is C10H14O. The van der Waals surface area contributed by atoms with Gasteiger partial charge in [-0.2, -0.15) is 0 Å². The van der Waals surface area contributed by atoms with Crippen molar-refractivity contribution in [2.45, 2.75) is 26.2 Å². The minimum absolute atomic E-state index is 0.361. The predicted octanol–water partition coefficient (Wildman–Crippen LogP) is 2.18. The van der Waals surface area contributed by atoms with Crippen molar-refractivity contribution in [1.82, 2.24) is 0 Å². The molecule has 2 aliphatic rings. The van der Waals surface area contributed by atoms with Crippen molar-refractivity contribution >= 4 is 6.29 Å². The second kappa shape index (κ2) is 2.47. The van der Waals surface area contributed by atoms with E-state index in [2.05, 4.69) is 13.0 Å². The van der Waals surface area contributed by atoms with Crippen LogP contribution in [0, 0.1) is 17.8 Å². The highest BCUT2D eigenvalue weighted by Gasteiger charge is 2.41. The maximum atomic E-state index is 10.6. The van der Waals surface area contributed by atoms with Gasteiger partial charge in [-0.25, -0.2) is 0 Å². The first-order valence-electron chi connectivity index (χ1n) is 4.45. The molecule has 0 amide bonds. The second-order valence-corrected chi connectivity index (χ2v) is 3.81. The van der Waals surface area contributed by atoms with Gasteiger partial charge in [0, 0.05) is 5.92 Å². The van der Waals surface area contributed by atoms with Gasteiger partial charge in [-0.15, -0.1) is 0 Å². The van der Waals surface area contributed by atoms with Gasteiger partial charge in [0.2, 0.25) is 0 Å². The lowest BCUT2D eigenvalue weighted by Crippen LogP contribution is -2.13. The van der Waals surface area contributed by atoms with Crippen molar-refractivity contribution in [3.63, 3.8) is 0 Å². The van der Waals surface area contributed by atoms with Crippen LogP contribution in [0.25, 0.3) is 0 Å². The average Bonchev–Trinajstić information content (AvgIpc) is 2.60. The molecule has 0 spiro atoms. The maximum absolute atomic E-state index is 10.6. The highest BCUT2D eigenvalue weighted by molar-refractivity contribution is 5.57. The van der Waals surface area contributed by atoms with Crippen LogP contribution in [0.2, 0.25) is 0 Å². The van der Waals surface area contributed by atoms with Gasteiger partial charge in [-0.3, -0.25) is 0 Å². The Hall–Kier alpha value is -0.590. The molecule has 0 aromatic heterocycles. The quantitative estimate of drug-likeness (QED) is 0.413. The van der Waals surface area contributed by atoms with Gasteiger partial charge in [0.25, 0.3) is 0 Å². The Morgan fingerprint density at radius 2 is 2.27 bits per heavy atom. The number of rotatable bonds is 1. The summed E-state index contributed by atoms with van der Waals surface area (Å²) in [5.74, 6) is 1.82. The molecule has 2 bridgehead atoms. The van der Waals surface area contributed by atoms with Gasteiger partial charge in [-0.05, 0) is 38.0 Å². The Bertz CT molecular complexity index is 205. The molecule has 0 aromatic rings. The first-order valence-corrected chi connectivity index (χ1v) is 4.45. The molecule has 0 saturated heterocycles. The van der Waals surface area contributed by atoms with Crippen LogP contribution in [-0.4, -0.2) is 6.29 Å². The van der Waals surface area contributed by atoms with Gasteiger partial charge in [-0.1, -0.05) is 11.6 Å². The van der Waals surface area contributed by atoms with Crippen molar-refractivity contribution in [2.75, 3.05) is 0 Å². The highest BCUT2D eigenvalue weighted by atomic mass is 16.1. The minimum Gasteiger partial charge on any atom is -0.303 e. The molecule has 2 fully saturated rings. The third kappa shape index (κ3) is 0.943. The Kier molecular flexibility index (Phi) is 1.59. The molecule has 60 valence electrons. The van der Waals surface area contributed by atoms with Crippen LogP contribution in [0.3, 0.4) is 0 Å². The summed E-state index contributed by atoms with van der Waals surface area (Å²) < 4.78 is 0. The Labute approximate surface area is 67.5 Å². The number of hydrogen-bond donors (Lipinski definition) is 0. The Morgan fingerprint density at radius 1 is 1.45 bits per heavy atom. The van der Waals surface area contributed by atoms with Gasteiger partial charge in [0.05, 0.1) is 0 Å². The lowest BCUT2D eigenvalue weighted by molar-refractivity contribution is -0.111. The van der Waals surface area contributed by atoms with Crippen LogP contribution in [0.1, 0.15) is 26.2 Å². The second-order valence-electron chi connectivity index (χ2n) is 3.81. The fraction of sp³-hybridized carbons (Fsp3) is 0.700. The summed E-state index contributed by atoms with van der Waals surface area (Å²) >= 11 is 0. The van der Waals surface area contributed by atoms with Crippen molar-refractivity contribution in [1.29, 1.82) is 0 Å². The molecule has 2 aliphatic carbocycles. The predicted molar refractivity (Wildman–Crippen MR) is 44.1 cm³/mol. The SMILES string of the molecule is C/C=C1\C[C@H]2CC(C=O)[C@@H]1C2. The molecule has 1 heteroatoms. The number of fused-ring (bicyclic) bond motifs is 2. The van der Waals surface area contributed by atoms with Crippen molar-refractivity contribution in [2.24, 2.45) is 17.8 Å². The maximum Gasteiger partial charge on any atom is 0.123 e. The normalized spacial score (nSPS) is 45.2. The molecule has 1 nitrogen and oxygen atoms in total. The van der Waals surface area contributed by atoms with E-state index in [1.165, 1.54) is 12.8 Å². The van der Waals surface area contributed by atoms with Crippen LogP contribution in [0.15, 0.2) is 11.6 Å². The molecule has 1 unspecified atom stereocenters.